The predicted octanol–water partition coefficient (Wildman–Crippen LogP) is 2.51. The lowest BCUT2D eigenvalue weighted by Crippen LogP contribution is -2.14. The number of benzene rings is 1. The van der Waals surface area contributed by atoms with Gasteiger partial charge in [-0.3, -0.25) is 14.6 Å². The van der Waals surface area contributed by atoms with Crippen LogP contribution in [0, 0.1) is 0 Å². The van der Waals surface area contributed by atoms with Gasteiger partial charge >= 0.3 is 5.97 Å². The summed E-state index contributed by atoms with van der Waals surface area (Å²) in [5.41, 5.74) is 0.930. The summed E-state index contributed by atoms with van der Waals surface area (Å²) in [6.07, 6.45) is 1.31. The summed E-state index contributed by atoms with van der Waals surface area (Å²) in [6, 6.07) is 5.20. The number of aromatic amines is 1. The van der Waals surface area contributed by atoms with Gasteiger partial charge < -0.3 is 15.0 Å². The zero-order chi connectivity index (χ0) is 18.0. The number of nitrogens with zero attached hydrogens (tertiary/aromatic N) is 3. The van der Waals surface area contributed by atoms with Gasteiger partial charge in [0, 0.05) is 13.1 Å². The number of carboxylic acids is 1. The summed E-state index contributed by atoms with van der Waals surface area (Å²) in [6.45, 7) is 0.545. The number of aromatic nitrogens is 4. The Morgan fingerprint density at radius 1 is 1.32 bits per heavy atom. The largest absolute Gasteiger partial charge is 0.481 e. The number of anilines is 1. The molecule has 3 rings (SSSR count). The van der Waals surface area contributed by atoms with Crippen LogP contribution in [0.3, 0.4) is 0 Å². The minimum Gasteiger partial charge on any atom is -0.481 e. The van der Waals surface area contributed by atoms with Crippen LogP contribution in [0.5, 0.6) is 0 Å². The minimum atomic E-state index is -0.940. The predicted molar refractivity (Wildman–Crippen MR) is 94.2 cm³/mol. The quantitative estimate of drug-likeness (QED) is 0.604. The summed E-state index contributed by atoms with van der Waals surface area (Å²) >= 11 is 11.8. The number of aryl methyl sites for hydroxylation is 1. The Balaban J connectivity index is 1.83. The molecule has 0 spiro atoms. The molecule has 3 N–H and O–H groups in total. The van der Waals surface area contributed by atoms with Crippen molar-refractivity contribution >= 4 is 46.3 Å². The molecule has 0 bridgehead atoms. The van der Waals surface area contributed by atoms with Crippen molar-refractivity contribution in [3.63, 3.8) is 0 Å². The van der Waals surface area contributed by atoms with E-state index >= 15 is 0 Å². The number of fused-ring (bicyclic) bond motifs is 1. The molecule has 0 amide bonds. The molecule has 25 heavy (non-hydrogen) atoms. The Kier molecular flexibility index (Phi) is 4.91. The van der Waals surface area contributed by atoms with Crippen molar-refractivity contribution in [2.24, 2.45) is 0 Å². The first-order chi connectivity index (χ1) is 11.9. The van der Waals surface area contributed by atoms with Gasteiger partial charge in [-0.05, 0) is 17.7 Å². The van der Waals surface area contributed by atoms with Gasteiger partial charge in [0.15, 0.2) is 11.2 Å². The van der Waals surface area contributed by atoms with Gasteiger partial charge in [-0.25, -0.2) is 4.98 Å². The normalized spacial score (nSPS) is 11.0. The average molecular weight is 382 g/mol. The highest BCUT2D eigenvalue weighted by Gasteiger charge is 2.11. The third kappa shape index (κ3) is 3.92. The topological polar surface area (TPSA) is 113 Å². The van der Waals surface area contributed by atoms with Crippen molar-refractivity contribution in [1.29, 1.82) is 0 Å². The molecule has 8 nitrogen and oxygen atoms in total. The SMILES string of the molecule is O=C(O)CCn1cnc2c(=O)[nH]c(NCc3ccc(Cl)c(Cl)c3)nc21. The van der Waals surface area contributed by atoms with E-state index in [0.717, 1.165) is 5.56 Å². The Hall–Kier alpha value is -2.58. The molecule has 0 aliphatic rings. The number of aliphatic carboxylic acids is 1. The molecule has 130 valence electrons. The van der Waals surface area contributed by atoms with Gasteiger partial charge in [-0.2, -0.15) is 4.98 Å². The fraction of sp³-hybridized carbons (Fsp3) is 0.200. The van der Waals surface area contributed by atoms with Gasteiger partial charge in [0.25, 0.3) is 5.56 Å². The zero-order valence-electron chi connectivity index (χ0n) is 12.8. The smallest absolute Gasteiger partial charge is 0.305 e. The average Bonchev–Trinajstić information content (AvgIpc) is 2.97. The maximum Gasteiger partial charge on any atom is 0.305 e. The maximum absolute atomic E-state index is 12.1. The van der Waals surface area contributed by atoms with E-state index in [4.69, 9.17) is 28.3 Å². The van der Waals surface area contributed by atoms with Crippen molar-refractivity contribution in [3.05, 3.63) is 50.5 Å². The van der Waals surface area contributed by atoms with Gasteiger partial charge in [0.1, 0.15) is 0 Å². The third-order valence-electron chi connectivity index (χ3n) is 3.49. The summed E-state index contributed by atoms with van der Waals surface area (Å²) in [4.78, 5) is 33.7. The van der Waals surface area contributed by atoms with Crippen molar-refractivity contribution < 1.29 is 9.90 Å². The van der Waals surface area contributed by atoms with E-state index in [0.29, 0.717) is 22.2 Å². The maximum atomic E-state index is 12.1. The number of imidazole rings is 1. The van der Waals surface area contributed by atoms with E-state index in [1.165, 1.54) is 10.9 Å². The number of hydrogen-bond donors (Lipinski definition) is 3. The van der Waals surface area contributed by atoms with Crippen LogP contribution < -0.4 is 10.9 Å². The van der Waals surface area contributed by atoms with E-state index in [-0.39, 0.29) is 24.4 Å². The van der Waals surface area contributed by atoms with E-state index in [2.05, 4.69) is 20.3 Å². The van der Waals surface area contributed by atoms with Crippen LogP contribution >= 0.6 is 23.2 Å². The molecule has 0 saturated heterocycles. The lowest BCUT2D eigenvalue weighted by Gasteiger charge is -2.07. The van der Waals surface area contributed by atoms with Crippen LogP contribution in [-0.2, 0) is 17.9 Å². The summed E-state index contributed by atoms with van der Waals surface area (Å²) in [5, 5.41) is 12.7. The molecule has 0 unspecified atom stereocenters. The fourth-order valence-corrected chi connectivity index (χ4v) is 2.57. The fourth-order valence-electron chi connectivity index (χ4n) is 2.25. The minimum absolute atomic E-state index is 0.0913. The van der Waals surface area contributed by atoms with E-state index in [1.807, 2.05) is 0 Å². The Labute approximate surface area is 151 Å². The number of carboxylic acid groups (broad SMARTS) is 1. The Morgan fingerprint density at radius 2 is 2.12 bits per heavy atom. The Bertz CT molecular complexity index is 998. The number of nitrogens with one attached hydrogen (secondary N) is 2. The van der Waals surface area contributed by atoms with Crippen LogP contribution in [0.2, 0.25) is 10.0 Å². The van der Waals surface area contributed by atoms with Crippen LogP contribution in [-0.4, -0.2) is 30.6 Å². The van der Waals surface area contributed by atoms with E-state index in [1.54, 1.807) is 18.2 Å². The molecular formula is C15H13Cl2N5O3. The molecule has 10 heteroatoms. The highest BCUT2D eigenvalue weighted by atomic mass is 35.5. The van der Waals surface area contributed by atoms with Gasteiger partial charge in [0.05, 0.1) is 22.8 Å². The molecule has 0 aliphatic carbocycles. The number of rotatable bonds is 6. The Morgan fingerprint density at radius 3 is 2.84 bits per heavy atom. The highest BCUT2D eigenvalue weighted by Crippen LogP contribution is 2.22. The lowest BCUT2D eigenvalue weighted by atomic mass is 10.2. The first-order valence-corrected chi connectivity index (χ1v) is 8.04. The lowest BCUT2D eigenvalue weighted by molar-refractivity contribution is -0.137. The molecule has 2 heterocycles. The van der Waals surface area contributed by atoms with Crippen LogP contribution in [0.25, 0.3) is 11.2 Å². The first-order valence-electron chi connectivity index (χ1n) is 7.29. The number of hydrogen-bond acceptors (Lipinski definition) is 5. The van der Waals surface area contributed by atoms with Gasteiger partial charge in [-0.15, -0.1) is 0 Å². The molecule has 0 fully saturated rings. The second-order valence-corrected chi connectivity index (χ2v) is 6.08. The summed E-state index contributed by atoms with van der Waals surface area (Å²) < 4.78 is 1.53. The monoisotopic (exact) mass is 381 g/mol. The molecule has 0 aliphatic heterocycles. The van der Waals surface area contributed by atoms with Gasteiger partial charge in [-0.1, -0.05) is 29.3 Å². The molecule has 3 aromatic rings. The molecule has 2 aromatic heterocycles. The van der Waals surface area contributed by atoms with Crippen molar-refractivity contribution in [2.45, 2.75) is 19.5 Å². The third-order valence-corrected chi connectivity index (χ3v) is 4.22. The highest BCUT2D eigenvalue weighted by molar-refractivity contribution is 6.42. The van der Waals surface area contributed by atoms with Crippen molar-refractivity contribution in [2.75, 3.05) is 5.32 Å². The standard InChI is InChI=1S/C15H13Cl2N5O3/c16-9-2-1-8(5-10(9)17)6-18-15-20-13-12(14(25)21-15)19-7-22(13)4-3-11(23)24/h1-2,5,7H,3-4,6H2,(H,23,24)(H2,18,20,21,25). The molecular weight excluding hydrogens is 369 g/mol. The number of carbonyl (C=O) groups is 1. The molecule has 0 saturated carbocycles. The number of halogens is 2. The molecule has 0 atom stereocenters. The van der Waals surface area contributed by atoms with Crippen LogP contribution in [0.1, 0.15) is 12.0 Å². The first kappa shape index (κ1) is 17.2. The molecule has 0 radical (unpaired) electrons. The van der Waals surface area contributed by atoms with Crippen LogP contribution in [0.4, 0.5) is 5.95 Å². The number of H-pyrrole nitrogens is 1. The van der Waals surface area contributed by atoms with E-state index < -0.39 is 11.5 Å². The zero-order valence-corrected chi connectivity index (χ0v) is 14.3. The second-order valence-electron chi connectivity index (χ2n) is 5.27. The van der Waals surface area contributed by atoms with Gasteiger partial charge in [0.2, 0.25) is 5.95 Å². The van der Waals surface area contributed by atoms with Crippen molar-refractivity contribution in [3.8, 4) is 0 Å². The summed E-state index contributed by atoms with van der Waals surface area (Å²) in [7, 11) is 0. The molecule has 1 aromatic carbocycles. The summed E-state index contributed by atoms with van der Waals surface area (Å²) in [5.74, 6) is -0.690. The van der Waals surface area contributed by atoms with E-state index in [9.17, 15) is 9.59 Å². The second kappa shape index (κ2) is 7.12. The van der Waals surface area contributed by atoms with Crippen molar-refractivity contribution in [1.82, 2.24) is 19.5 Å². The van der Waals surface area contributed by atoms with Crippen LogP contribution in [0.15, 0.2) is 29.3 Å².